The van der Waals surface area contributed by atoms with Crippen molar-refractivity contribution >= 4 is 11.9 Å². The lowest BCUT2D eigenvalue weighted by atomic mass is 10.0. The van der Waals surface area contributed by atoms with E-state index in [1.165, 1.54) is 347 Å². The smallest absolute Gasteiger partial charge is 0.305 e. The van der Waals surface area contributed by atoms with E-state index in [9.17, 15) is 19.8 Å². The monoisotopic (exact) mass is 1130 g/mol. The lowest BCUT2D eigenvalue weighted by molar-refractivity contribution is -0.143. The fraction of sp³-hybridized carbons (Fsp3) is 0.946. The van der Waals surface area contributed by atoms with Crippen LogP contribution in [0.25, 0.3) is 0 Å². The minimum atomic E-state index is -0.663. The first-order chi connectivity index (χ1) is 39.5. The van der Waals surface area contributed by atoms with Crippen LogP contribution in [-0.4, -0.2) is 47.4 Å². The molecule has 80 heavy (non-hydrogen) atoms. The van der Waals surface area contributed by atoms with Gasteiger partial charge in [0, 0.05) is 12.8 Å². The highest BCUT2D eigenvalue weighted by Crippen LogP contribution is 2.20. The van der Waals surface area contributed by atoms with Gasteiger partial charge in [-0.3, -0.25) is 9.59 Å². The minimum Gasteiger partial charge on any atom is -0.466 e. The summed E-state index contributed by atoms with van der Waals surface area (Å²) in [4.78, 5) is 24.6. The third-order valence-electron chi connectivity index (χ3n) is 17.6. The van der Waals surface area contributed by atoms with Gasteiger partial charge in [-0.1, -0.05) is 379 Å². The van der Waals surface area contributed by atoms with E-state index in [2.05, 4.69) is 31.3 Å². The van der Waals surface area contributed by atoms with Gasteiger partial charge < -0.3 is 20.3 Å². The molecule has 2 unspecified atom stereocenters. The van der Waals surface area contributed by atoms with E-state index in [4.69, 9.17) is 4.74 Å². The first kappa shape index (κ1) is 78.6. The van der Waals surface area contributed by atoms with Crippen LogP contribution in [0, 0.1) is 0 Å². The molecule has 0 saturated heterocycles. The van der Waals surface area contributed by atoms with Crippen LogP contribution in [0.4, 0.5) is 0 Å². The normalized spacial score (nSPS) is 12.5. The van der Waals surface area contributed by atoms with Crippen LogP contribution in [-0.2, 0) is 14.3 Å². The zero-order valence-corrected chi connectivity index (χ0v) is 54.6. The van der Waals surface area contributed by atoms with Gasteiger partial charge in [-0.2, -0.15) is 0 Å². The number of esters is 1. The van der Waals surface area contributed by atoms with Crippen molar-refractivity contribution in [3.63, 3.8) is 0 Å². The van der Waals surface area contributed by atoms with Crippen molar-refractivity contribution in [1.82, 2.24) is 5.32 Å². The SMILES string of the molecule is CCCC/C=C\CCCCCCCC(=O)OCCCCCCCCCCCCCCCCCCCCCCCCCCCCCC(=O)NC(CO)C(O)CCCCCCCCCCCCCCCCCCCCCCCCCCC. The Balaban J connectivity index is 3.35. The van der Waals surface area contributed by atoms with E-state index in [0.717, 1.165) is 44.9 Å². The number of carbonyl (C=O) groups excluding carboxylic acids is 2. The molecule has 0 aliphatic carbocycles. The number of carbonyl (C=O) groups is 2. The number of amides is 1. The molecule has 2 atom stereocenters. The van der Waals surface area contributed by atoms with E-state index in [1.807, 2.05) is 0 Å². The molecule has 0 bridgehead atoms. The Hall–Kier alpha value is -1.40. The van der Waals surface area contributed by atoms with Crippen molar-refractivity contribution < 1.29 is 24.5 Å². The van der Waals surface area contributed by atoms with Crippen LogP contribution in [0.1, 0.15) is 425 Å². The first-order valence-electron chi connectivity index (χ1n) is 36.9. The number of hydrogen-bond acceptors (Lipinski definition) is 5. The summed E-state index contributed by atoms with van der Waals surface area (Å²) in [5.41, 5.74) is 0. The standard InChI is InChI=1S/C74H145NO5/c1-3-5-7-9-11-13-15-16-17-18-19-20-21-25-28-31-34-37-40-43-47-50-54-58-62-66-72(77)71(70-76)75-73(78)67-63-59-55-51-48-44-41-38-35-32-29-26-23-22-24-27-30-33-36-39-42-45-49-53-57-61-65-69-80-74(79)68-64-60-56-52-46-14-12-10-8-6-4-2/h10,12,71-72,76-77H,3-9,11,13-70H2,1-2H3,(H,75,78)/b12-10-. The number of aliphatic hydroxyl groups excluding tert-OH is 2. The number of nitrogens with one attached hydrogen (secondary N) is 1. The Morgan fingerprint density at radius 3 is 0.925 bits per heavy atom. The molecule has 0 aromatic heterocycles. The molecule has 6 nitrogen and oxygen atoms in total. The zero-order valence-electron chi connectivity index (χ0n) is 54.6. The van der Waals surface area contributed by atoms with E-state index in [0.29, 0.717) is 25.9 Å². The maximum Gasteiger partial charge on any atom is 0.305 e. The van der Waals surface area contributed by atoms with Crippen LogP contribution < -0.4 is 5.32 Å². The van der Waals surface area contributed by atoms with Gasteiger partial charge in [0.1, 0.15) is 0 Å². The predicted octanol–water partition coefficient (Wildman–Crippen LogP) is 23.9. The fourth-order valence-corrected chi connectivity index (χ4v) is 11.9. The first-order valence-corrected chi connectivity index (χ1v) is 36.9. The minimum absolute atomic E-state index is 0.00805. The summed E-state index contributed by atoms with van der Waals surface area (Å²) in [5, 5.41) is 23.5. The molecule has 0 saturated carbocycles. The number of allylic oxidation sites excluding steroid dienone is 2. The second kappa shape index (κ2) is 70.1. The van der Waals surface area contributed by atoms with Crippen LogP contribution >= 0.6 is 0 Å². The Bertz CT molecular complexity index is 1210. The third kappa shape index (κ3) is 65.7. The maximum absolute atomic E-state index is 12.6. The van der Waals surface area contributed by atoms with Crippen molar-refractivity contribution in [2.75, 3.05) is 13.2 Å². The van der Waals surface area contributed by atoms with Crippen LogP contribution in [0.3, 0.4) is 0 Å². The van der Waals surface area contributed by atoms with Gasteiger partial charge >= 0.3 is 5.97 Å². The van der Waals surface area contributed by atoms with E-state index in [-0.39, 0.29) is 18.5 Å². The molecule has 0 heterocycles. The Morgan fingerprint density at radius 1 is 0.338 bits per heavy atom. The Morgan fingerprint density at radius 2 is 0.600 bits per heavy atom. The molecular weight excluding hydrogens is 983 g/mol. The molecule has 0 fully saturated rings. The van der Waals surface area contributed by atoms with Gasteiger partial charge in [-0.05, 0) is 44.9 Å². The maximum atomic E-state index is 12.6. The van der Waals surface area contributed by atoms with Crippen molar-refractivity contribution in [2.45, 2.75) is 437 Å². The van der Waals surface area contributed by atoms with Crippen molar-refractivity contribution in [1.29, 1.82) is 0 Å². The van der Waals surface area contributed by atoms with E-state index < -0.39 is 12.1 Å². The summed E-state index contributed by atoms with van der Waals surface area (Å²) >= 11 is 0. The van der Waals surface area contributed by atoms with Gasteiger partial charge in [0.2, 0.25) is 5.91 Å². The lowest BCUT2D eigenvalue weighted by Gasteiger charge is -2.22. The molecule has 0 aliphatic heterocycles. The molecular formula is C74H145NO5. The van der Waals surface area contributed by atoms with Gasteiger partial charge in [0.15, 0.2) is 0 Å². The molecule has 0 rings (SSSR count). The molecule has 0 radical (unpaired) electrons. The summed E-state index contributed by atoms with van der Waals surface area (Å²) < 4.78 is 5.47. The molecule has 6 heteroatoms. The molecule has 1 amide bonds. The number of rotatable bonds is 70. The molecule has 0 aliphatic rings. The summed E-state index contributed by atoms with van der Waals surface area (Å²) in [5.74, 6) is -0.0184. The van der Waals surface area contributed by atoms with Crippen molar-refractivity contribution in [3.05, 3.63) is 12.2 Å². The second-order valence-electron chi connectivity index (χ2n) is 25.6. The molecule has 476 valence electrons. The number of hydrogen-bond donors (Lipinski definition) is 3. The highest BCUT2D eigenvalue weighted by molar-refractivity contribution is 5.76. The predicted molar refractivity (Wildman–Crippen MR) is 352 cm³/mol. The van der Waals surface area contributed by atoms with Crippen LogP contribution in [0.5, 0.6) is 0 Å². The average molecular weight is 1130 g/mol. The summed E-state index contributed by atoms with van der Waals surface area (Å²) in [6.07, 6.45) is 87.1. The summed E-state index contributed by atoms with van der Waals surface area (Å²) in [7, 11) is 0. The number of ether oxygens (including phenoxy) is 1. The molecule has 0 aromatic rings. The van der Waals surface area contributed by atoms with Crippen LogP contribution in [0.2, 0.25) is 0 Å². The number of unbranched alkanes of at least 4 members (excludes halogenated alkanes) is 57. The molecule has 3 N–H and O–H groups in total. The van der Waals surface area contributed by atoms with Gasteiger partial charge in [-0.15, -0.1) is 0 Å². The largest absolute Gasteiger partial charge is 0.466 e. The highest BCUT2D eigenvalue weighted by atomic mass is 16.5. The van der Waals surface area contributed by atoms with Gasteiger partial charge in [0.25, 0.3) is 0 Å². The van der Waals surface area contributed by atoms with E-state index >= 15 is 0 Å². The summed E-state index contributed by atoms with van der Waals surface area (Å²) in [6, 6.07) is -0.540. The lowest BCUT2D eigenvalue weighted by Crippen LogP contribution is -2.45. The fourth-order valence-electron chi connectivity index (χ4n) is 11.9. The van der Waals surface area contributed by atoms with Crippen molar-refractivity contribution in [3.8, 4) is 0 Å². The zero-order chi connectivity index (χ0) is 57.8. The third-order valence-corrected chi connectivity index (χ3v) is 17.6. The van der Waals surface area contributed by atoms with Crippen LogP contribution in [0.15, 0.2) is 12.2 Å². The quantitative estimate of drug-likeness (QED) is 0.0320. The molecule has 0 aromatic carbocycles. The topological polar surface area (TPSA) is 95.9 Å². The highest BCUT2D eigenvalue weighted by Gasteiger charge is 2.20. The molecule has 0 spiro atoms. The van der Waals surface area contributed by atoms with Gasteiger partial charge in [-0.25, -0.2) is 0 Å². The van der Waals surface area contributed by atoms with Gasteiger partial charge in [0.05, 0.1) is 25.4 Å². The van der Waals surface area contributed by atoms with E-state index in [1.54, 1.807) is 0 Å². The second-order valence-corrected chi connectivity index (χ2v) is 25.6. The Kier molecular flexibility index (Phi) is 68.9. The summed E-state index contributed by atoms with van der Waals surface area (Å²) in [6.45, 7) is 4.96. The Labute approximate surface area is 501 Å². The average Bonchev–Trinajstić information content (AvgIpc) is 3.46. The number of aliphatic hydroxyl groups is 2. The van der Waals surface area contributed by atoms with Crippen molar-refractivity contribution in [2.24, 2.45) is 0 Å².